The van der Waals surface area contributed by atoms with Crippen LogP contribution in [-0.4, -0.2) is 40.6 Å². The second-order valence-electron chi connectivity index (χ2n) is 2.32. The average molecular weight is 190 g/mol. The van der Waals surface area contributed by atoms with E-state index in [-0.39, 0.29) is 0 Å². The Morgan fingerprint density at radius 2 is 1.77 bits per heavy atom. The highest BCUT2D eigenvalue weighted by molar-refractivity contribution is 5.88. The Morgan fingerprint density at radius 1 is 1.23 bits per heavy atom. The Kier molecular flexibility index (Phi) is 4.45. The summed E-state index contributed by atoms with van der Waals surface area (Å²) < 4.78 is 0. The lowest BCUT2D eigenvalue weighted by atomic mass is 10.2. The summed E-state index contributed by atoms with van der Waals surface area (Å²) >= 11 is 0. The zero-order valence-corrected chi connectivity index (χ0v) is 6.69. The molecule has 7 nitrogen and oxygen atoms in total. The molecule has 0 aliphatic carbocycles. The predicted molar refractivity (Wildman–Crippen MR) is 40.9 cm³/mol. The van der Waals surface area contributed by atoms with Gasteiger partial charge in [0.1, 0.15) is 6.54 Å². The highest BCUT2D eigenvalue weighted by atomic mass is 16.4. The van der Waals surface area contributed by atoms with Crippen LogP contribution in [0.25, 0.3) is 0 Å². The second-order valence-corrected chi connectivity index (χ2v) is 2.32. The Hall–Kier alpha value is -1.63. The SMILES string of the molecule is NC(CC(=O)O)C(=O)NCC(=O)O. The van der Waals surface area contributed by atoms with Crippen molar-refractivity contribution in [3.05, 3.63) is 0 Å². The van der Waals surface area contributed by atoms with E-state index in [1.54, 1.807) is 0 Å². The van der Waals surface area contributed by atoms with Crippen molar-refractivity contribution < 1.29 is 24.6 Å². The molecule has 0 bridgehead atoms. The van der Waals surface area contributed by atoms with E-state index in [4.69, 9.17) is 15.9 Å². The van der Waals surface area contributed by atoms with E-state index in [1.807, 2.05) is 5.32 Å². The number of carbonyl (C=O) groups is 3. The van der Waals surface area contributed by atoms with Gasteiger partial charge in [0.15, 0.2) is 0 Å². The minimum atomic E-state index is -1.21. The Labute approximate surface area is 73.5 Å². The van der Waals surface area contributed by atoms with Gasteiger partial charge in [-0.25, -0.2) is 0 Å². The third kappa shape index (κ3) is 5.62. The maximum Gasteiger partial charge on any atom is 0.322 e. The van der Waals surface area contributed by atoms with Crippen LogP contribution in [0.15, 0.2) is 0 Å². The molecule has 13 heavy (non-hydrogen) atoms. The third-order valence-electron chi connectivity index (χ3n) is 1.15. The maximum absolute atomic E-state index is 10.8. The number of carboxylic acids is 2. The van der Waals surface area contributed by atoms with E-state index in [1.165, 1.54) is 0 Å². The zero-order chi connectivity index (χ0) is 10.4. The number of hydrogen-bond donors (Lipinski definition) is 4. The summed E-state index contributed by atoms with van der Waals surface area (Å²) in [4.78, 5) is 30.9. The molecule has 5 N–H and O–H groups in total. The molecule has 74 valence electrons. The van der Waals surface area contributed by atoms with Crippen molar-refractivity contribution in [1.82, 2.24) is 5.32 Å². The van der Waals surface area contributed by atoms with Crippen LogP contribution in [0.1, 0.15) is 6.42 Å². The maximum atomic E-state index is 10.8. The highest BCUT2D eigenvalue weighted by Gasteiger charge is 2.16. The molecule has 1 atom stereocenters. The van der Waals surface area contributed by atoms with Gasteiger partial charge >= 0.3 is 11.9 Å². The molecule has 0 aromatic heterocycles. The number of amides is 1. The molecule has 0 aliphatic rings. The van der Waals surface area contributed by atoms with Crippen molar-refractivity contribution in [3.63, 3.8) is 0 Å². The molecule has 0 fully saturated rings. The van der Waals surface area contributed by atoms with Crippen molar-refractivity contribution in [1.29, 1.82) is 0 Å². The Bertz CT molecular complexity index is 227. The van der Waals surface area contributed by atoms with Gasteiger partial charge in [0.05, 0.1) is 12.5 Å². The fraction of sp³-hybridized carbons (Fsp3) is 0.500. The molecule has 0 saturated carbocycles. The second kappa shape index (κ2) is 5.09. The fourth-order valence-corrected chi connectivity index (χ4v) is 0.575. The first kappa shape index (κ1) is 11.4. The minimum Gasteiger partial charge on any atom is -0.481 e. The number of nitrogens with one attached hydrogen (secondary N) is 1. The first-order valence-corrected chi connectivity index (χ1v) is 3.40. The van der Waals surface area contributed by atoms with Gasteiger partial charge in [0.25, 0.3) is 0 Å². The van der Waals surface area contributed by atoms with Gasteiger partial charge in [-0.05, 0) is 0 Å². The smallest absolute Gasteiger partial charge is 0.322 e. The molecule has 1 amide bonds. The lowest BCUT2D eigenvalue weighted by Crippen LogP contribution is -2.43. The summed E-state index contributed by atoms with van der Waals surface area (Å²) in [5, 5.41) is 18.3. The quantitative estimate of drug-likeness (QED) is 0.396. The Morgan fingerprint density at radius 3 is 2.15 bits per heavy atom. The van der Waals surface area contributed by atoms with E-state index >= 15 is 0 Å². The summed E-state index contributed by atoms with van der Waals surface area (Å²) in [6.07, 6.45) is -0.522. The van der Waals surface area contributed by atoms with Gasteiger partial charge in [-0.1, -0.05) is 0 Å². The van der Waals surface area contributed by atoms with E-state index in [2.05, 4.69) is 0 Å². The number of carbonyl (C=O) groups excluding carboxylic acids is 1. The molecule has 0 radical (unpaired) electrons. The molecule has 0 spiro atoms. The number of aliphatic carboxylic acids is 2. The topological polar surface area (TPSA) is 130 Å². The number of nitrogens with two attached hydrogens (primary N) is 1. The lowest BCUT2D eigenvalue weighted by Gasteiger charge is -2.07. The molecule has 0 aromatic rings. The molecule has 0 saturated heterocycles. The van der Waals surface area contributed by atoms with Gasteiger partial charge < -0.3 is 21.3 Å². The van der Waals surface area contributed by atoms with Crippen LogP contribution in [0.5, 0.6) is 0 Å². The summed E-state index contributed by atoms with van der Waals surface area (Å²) in [6.45, 7) is -0.563. The summed E-state index contributed by atoms with van der Waals surface area (Å²) in [5.41, 5.74) is 5.12. The van der Waals surface area contributed by atoms with E-state index in [0.29, 0.717) is 0 Å². The van der Waals surface area contributed by atoms with Gasteiger partial charge in [0, 0.05) is 0 Å². The number of hydrogen-bond acceptors (Lipinski definition) is 4. The van der Waals surface area contributed by atoms with Crippen LogP contribution in [0.3, 0.4) is 0 Å². The van der Waals surface area contributed by atoms with Gasteiger partial charge in [-0.15, -0.1) is 0 Å². The normalized spacial score (nSPS) is 11.8. The van der Waals surface area contributed by atoms with Crippen molar-refractivity contribution in [2.75, 3.05) is 6.54 Å². The molecule has 7 heteroatoms. The summed E-state index contributed by atoms with van der Waals surface area (Å²) in [7, 11) is 0. The van der Waals surface area contributed by atoms with Crippen LogP contribution in [0.2, 0.25) is 0 Å². The molecule has 0 rings (SSSR count). The van der Waals surface area contributed by atoms with Crippen LogP contribution in [0.4, 0.5) is 0 Å². The average Bonchev–Trinajstić information content (AvgIpc) is 1.98. The van der Waals surface area contributed by atoms with Crippen LogP contribution < -0.4 is 11.1 Å². The predicted octanol–water partition coefficient (Wildman–Crippen LogP) is -2.01. The first-order valence-electron chi connectivity index (χ1n) is 3.40. The fourth-order valence-electron chi connectivity index (χ4n) is 0.575. The summed E-state index contributed by atoms with van der Waals surface area (Å²) in [6, 6.07) is -1.21. The van der Waals surface area contributed by atoms with Crippen molar-refractivity contribution >= 4 is 17.8 Å². The molecule has 0 aliphatic heterocycles. The molecular formula is C6H10N2O5. The van der Waals surface area contributed by atoms with Crippen LogP contribution in [0, 0.1) is 0 Å². The minimum absolute atomic E-state index is 0.522. The van der Waals surface area contributed by atoms with Crippen molar-refractivity contribution in [2.24, 2.45) is 5.73 Å². The van der Waals surface area contributed by atoms with Crippen molar-refractivity contribution in [3.8, 4) is 0 Å². The van der Waals surface area contributed by atoms with Gasteiger partial charge in [-0.2, -0.15) is 0 Å². The van der Waals surface area contributed by atoms with E-state index in [0.717, 1.165) is 0 Å². The highest BCUT2D eigenvalue weighted by Crippen LogP contribution is 1.87. The van der Waals surface area contributed by atoms with Gasteiger partial charge in [0.2, 0.25) is 5.91 Å². The molecular weight excluding hydrogens is 180 g/mol. The van der Waals surface area contributed by atoms with Crippen LogP contribution in [-0.2, 0) is 14.4 Å². The third-order valence-corrected chi connectivity index (χ3v) is 1.15. The monoisotopic (exact) mass is 190 g/mol. The molecule has 0 aromatic carbocycles. The standard InChI is InChI=1S/C6H10N2O5/c7-3(1-4(9)10)6(13)8-2-5(11)12/h3H,1-2,7H2,(H,8,13)(H,9,10)(H,11,12). The molecule has 0 heterocycles. The molecule has 1 unspecified atom stereocenters. The van der Waals surface area contributed by atoms with Gasteiger partial charge in [-0.3, -0.25) is 14.4 Å². The lowest BCUT2D eigenvalue weighted by molar-refractivity contribution is -0.140. The first-order chi connectivity index (χ1) is 5.93. The van der Waals surface area contributed by atoms with E-state index in [9.17, 15) is 14.4 Å². The number of carboxylic acid groups (broad SMARTS) is 2. The largest absolute Gasteiger partial charge is 0.481 e. The Balaban J connectivity index is 3.82. The number of rotatable bonds is 5. The zero-order valence-electron chi connectivity index (χ0n) is 6.69. The summed E-state index contributed by atoms with van der Waals surface area (Å²) in [5.74, 6) is -3.21. The van der Waals surface area contributed by atoms with Crippen molar-refractivity contribution in [2.45, 2.75) is 12.5 Å². The van der Waals surface area contributed by atoms with Crippen LogP contribution >= 0.6 is 0 Å². The van der Waals surface area contributed by atoms with E-state index < -0.39 is 36.9 Å².